The maximum absolute atomic E-state index is 12.8. The summed E-state index contributed by atoms with van der Waals surface area (Å²) in [6.07, 6.45) is 13.0. The van der Waals surface area contributed by atoms with Gasteiger partial charge in [-0.15, -0.1) is 0 Å². The molecule has 5 nitrogen and oxygen atoms in total. The average Bonchev–Trinajstić information content (AvgIpc) is 3.58. The Hall–Kier alpha value is -3.39. The number of aromatic nitrogens is 2. The van der Waals surface area contributed by atoms with Gasteiger partial charge in [0.15, 0.2) is 0 Å². The van der Waals surface area contributed by atoms with Gasteiger partial charge in [0.05, 0.1) is 18.0 Å². The van der Waals surface area contributed by atoms with E-state index in [9.17, 15) is 10.1 Å². The van der Waals surface area contributed by atoms with Crippen molar-refractivity contribution in [3.8, 4) is 28.7 Å². The molecule has 1 atom stereocenters. The molecule has 5 heteroatoms. The fourth-order valence-electron chi connectivity index (χ4n) is 5.44. The van der Waals surface area contributed by atoms with E-state index < -0.39 is 0 Å². The monoisotopic (exact) mass is 452 g/mol. The SMILES string of the molecule is N#C[C@@H]1CCCN1C(=O)c1ccc(-c2ncc(-c3cccc(CCC4CCCCC4)c3)[nH]2)cc1. The second-order valence-electron chi connectivity index (χ2n) is 9.75. The van der Waals surface area contributed by atoms with E-state index >= 15 is 0 Å². The molecule has 2 aliphatic rings. The van der Waals surface area contributed by atoms with E-state index in [1.807, 2.05) is 30.5 Å². The largest absolute Gasteiger partial charge is 0.338 e. The highest BCUT2D eigenvalue weighted by Gasteiger charge is 2.29. The number of likely N-dealkylation sites (tertiary alicyclic amines) is 1. The molecule has 34 heavy (non-hydrogen) atoms. The van der Waals surface area contributed by atoms with Gasteiger partial charge in [-0.05, 0) is 60.9 Å². The lowest BCUT2D eigenvalue weighted by Gasteiger charge is -2.21. The number of aryl methyl sites for hydroxylation is 1. The number of carbonyl (C=O) groups excluding carboxylic acids is 1. The number of imidazole rings is 1. The average molecular weight is 453 g/mol. The molecule has 2 fully saturated rings. The van der Waals surface area contributed by atoms with Gasteiger partial charge in [0.1, 0.15) is 11.9 Å². The summed E-state index contributed by atoms with van der Waals surface area (Å²) in [5, 5.41) is 9.27. The van der Waals surface area contributed by atoms with Crippen LogP contribution in [0.2, 0.25) is 0 Å². The van der Waals surface area contributed by atoms with Crippen LogP contribution in [0.4, 0.5) is 0 Å². The number of H-pyrrole nitrogens is 1. The number of amides is 1. The standard InChI is InChI=1S/C29H32N4O/c30-19-26-10-5-17-33(26)29(34)24-15-13-23(14-16-24)28-31-20-27(32-28)25-9-4-8-22(18-25)12-11-21-6-2-1-3-7-21/h4,8-9,13-16,18,20-21,26H,1-3,5-7,10-12,17H2,(H,31,32)/t26-/m0/s1. The van der Waals surface area contributed by atoms with Crippen LogP contribution in [-0.2, 0) is 6.42 Å². The number of nitrogens with one attached hydrogen (secondary N) is 1. The summed E-state index contributed by atoms with van der Waals surface area (Å²) in [6.45, 7) is 0.653. The van der Waals surface area contributed by atoms with Crippen molar-refractivity contribution in [3.63, 3.8) is 0 Å². The summed E-state index contributed by atoms with van der Waals surface area (Å²) in [7, 11) is 0. The highest BCUT2D eigenvalue weighted by atomic mass is 16.2. The summed E-state index contributed by atoms with van der Waals surface area (Å²) in [5.41, 5.74) is 5.10. The van der Waals surface area contributed by atoms with Gasteiger partial charge in [-0.25, -0.2) is 4.98 Å². The van der Waals surface area contributed by atoms with Crippen LogP contribution in [0.3, 0.4) is 0 Å². The minimum absolute atomic E-state index is 0.0687. The van der Waals surface area contributed by atoms with Crippen molar-refractivity contribution in [2.75, 3.05) is 6.54 Å². The van der Waals surface area contributed by atoms with Gasteiger partial charge in [-0.2, -0.15) is 5.26 Å². The molecule has 0 radical (unpaired) electrons. The number of benzene rings is 2. The summed E-state index contributed by atoms with van der Waals surface area (Å²) in [5.74, 6) is 1.61. The fourth-order valence-corrected chi connectivity index (χ4v) is 5.44. The molecule has 0 spiro atoms. The molecule has 0 unspecified atom stereocenters. The lowest BCUT2D eigenvalue weighted by Crippen LogP contribution is -2.34. The first kappa shape index (κ1) is 22.4. The van der Waals surface area contributed by atoms with Crippen molar-refractivity contribution in [2.24, 2.45) is 5.92 Å². The van der Waals surface area contributed by atoms with E-state index in [2.05, 4.69) is 40.3 Å². The molecule has 1 aliphatic carbocycles. The number of rotatable bonds is 6. The molecule has 1 N–H and O–H groups in total. The van der Waals surface area contributed by atoms with Crippen LogP contribution in [-0.4, -0.2) is 33.4 Å². The van der Waals surface area contributed by atoms with Gasteiger partial charge < -0.3 is 9.88 Å². The second kappa shape index (κ2) is 10.3. The van der Waals surface area contributed by atoms with Gasteiger partial charge in [-0.3, -0.25) is 4.79 Å². The quantitative estimate of drug-likeness (QED) is 0.471. The molecule has 5 rings (SSSR count). The van der Waals surface area contributed by atoms with Crippen LogP contribution >= 0.6 is 0 Å². The van der Waals surface area contributed by atoms with Crippen LogP contribution in [0.1, 0.15) is 67.3 Å². The van der Waals surface area contributed by atoms with Crippen molar-refractivity contribution in [3.05, 3.63) is 65.9 Å². The molecule has 3 aromatic rings. The van der Waals surface area contributed by atoms with Crippen molar-refractivity contribution in [2.45, 2.75) is 63.8 Å². The number of carbonyl (C=O) groups is 1. The molecule has 1 saturated heterocycles. The maximum atomic E-state index is 12.8. The first-order valence-corrected chi connectivity index (χ1v) is 12.7. The van der Waals surface area contributed by atoms with Gasteiger partial charge in [0.25, 0.3) is 5.91 Å². The molecule has 174 valence electrons. The van der Waals surface area contributed by atoms with E-state index in [4.69, 9.17) is 0 Å². The molecule has 2 aromatic carbocycles. The van der Waals surface area contributed by atoms with Gasteiger partial charge in [0.2, 0.25) is 0 Å². The van der Waals surface area contributed by atoms with E-state index in [0.717, 1.165) is 47.8 Å². The maximum Gasteiger partial charge on any atom is 0.254 e. The topological polar surface area (TPSA) is 72.8 Å². The zero-order chi connectivity index (χ0) is 23.3. The number of aromatic amines is 1. The van der Waals surface area contributed by atoms with E-state index in [1.165, 1.54) is 44.1 Å². The van der Waals surface area contributed by atoms with Crippen LogP contribution in [0, 0.1) is 17.2 Å². The molecule has 1 aromatic heterocycles. The Morgan fingerprint density at radius 3 is 2.65 bits per heavy atom. The van der Waals surface area contributed by atoms with Crippen molar-refractivity contribution in [1.82, 2.24) is 14.9 Å². The van der Waals surface area contributed by atoms with Crippen LogP contribution in [0.15, 0.2) is 54.7 Å². The highest BCUT2D eigenvalue weighted by Crippen LogP contribution is 2.29. The summed E-state index contributed by atoms with van der Waals surface area (Å²) >= 11 is 0. The Bertz CT molecular complexity index is 1170. The molecular formula is C29H32N4O. The molecule has 1 amide bonds. The first-order chi connectivity index (χ1) is 16.7. The molecule has 1 aliphatic heterocycles. The minimum Gasteiger partial charge on any atom is -0.338 e. The van der Waals surface area contributed by atoms with Gasteiger partial charge in [0, 0.05) is 17.7 Å². The summed E-state index contributed by atoms with van der Waals surface area (Å²) in [4.78, 5) is 22.5. The Morgan fingerprint density at radius 1 is 1.03 bits per heavy atom. The normalized spacial score (nSPS) is 18.7. The van der Waals surface area contributed by atoms with Crippen molar-refractivity contribution < 1.29 is 4.79 Å². The fraction of sp³-hybridized carbons (Fsp3) is 0.414. The zero-order valence-corrected chi connectivity index (χ0v) is 19.7. The molecule has 1 saturated carbocycles. The first-order valence-electron chi connectivity index (χ1n) is 12.7. The Labute approximate surface area is 201 Å². The zero-order valence-electron chi connectivity index (χ0n) is 19.7. The lowest BCUT2D eigenvalue weighted by molar-refractivity contribution is 0.0765. The predicted octanol–water partition coefficient (Wildman–Crippen LogP) is 6.38. The summed E-state index contributed by atoms with van der Waals surface area (Å²) < 4.78 is 0. The Balaban J connectivity index is 1.26. The third-order valence-electron chi connectivity index (χ3n) is 7.45. The molecule has 0 bridgehead atoms. The molecule has 2 heterocycles. The lowest BCUT2D eigenvalue weighted by atomic mass is 9.85. The predicted molar refractivity (Wildman–Crippen MR) is 134 cm³/mol. The smallest absolute Gasteiger partial charge is 0.254 e. The Morgan fingerprint density at radius 2 is 1.85 bits per heavy atom. The number of hydrogen-bond donors (Lipinski definition) is 1. The van der Waals surface area contributed by atoms with Crippen LogP contribution in [0.25, 0.3) is 22.6 Å². The third kappa shape index (κ3) is 4.92. The summed E-state index contributed by atoms with van der Waals surface area (Å²) in [6, 6.07) is 18.2. The number of hydrogen-bond acceptors (Lipinski definition) is 3. The second-order valence-corrected chi connectivity index (χ2v) is 9.75. The third-order valence-corrected chi connectivity index (χ3v) is 7.45. The minimum atomic E-state index is -0.307. The van der Waals surface area contributed by atoms with E-state index in [0.29, 0.717) is 12.1 Å². The van der Waals surface area contributed by atoms with Gasteiger partial charge in [-0.1, -0.05) is 62.4 Å². The van der Waals surface area contributed by atoms with Crippen molar-refractivity contribution >= 4 is 5.91 Å². The number of nitrogens with zero attached hydrogens (tertiary/aromatic N) is 3. The van der Waals surface area contributed by atoms with E-state index in [1.54, 1.807) is 4.90 Å². The Kier molecular flexibility index (Phi) is 6.76. The van der Waals surface area contributed by atoms with Crippen LogP contribution in [0.5, 0.6) is 0 Å². The van der Waals surface area contributed by atoms with Gasteiger partial charge >= 0.3 is 0 Å². The molecular weight excluding hydrogens is 420 g/mol. The van der Waals surface area contributed by atoms with Crippen LogP contribution < -0.4 is 0 Å². The highest BCUT2D eigenvalue weighted by molar-refractivity contribution is 5.95. The van der Waals surface area contributed by atoms with E-state index in [-0.39, 0.29) is 11.9 Å². The van der Waals surface area contributed by atoms with Crippen molar-refractivity contribution in [1.29, 1.82) is 5.26 Å². The number of nitriles is 1.